The first-order valence-electron chi connectivity index (χ1n) is 5.77. The van der Waals surface area contributed by atoms with E-state index in [4.69, 9.17) is 0 Å². The summed E-state index contributed by atoms with van der Waals surface area (Å²) in [6.45, 7) is 14.1. The maximum Gasteiger partial charge on any atom is 0.0367 e. The number of nitrogens with zero attached hydrogens (tertiary/aromatic N) is 1. The summed E-state index contributed by atoms with van der Waals surface area (Å²) in [4.78, 5) is 2.24. The molecule has 0 fully saturated rings. The van der Waals surface area contributed by atoms with Crippen molar-refractivity contribution in [3.63, 3.8) is 0 Å². The molecular weight excluding hydrogens is 194 g/mol. The average molecular weight is 217 g/mol. The largest absolute Gasteiger partial charge is 0.374 e. The van der Waals surface area contributed by atoms with Gasteiger partial charge < -0.3 is 4.90 Å². The van der Waals surface area contributed by atoms with E-state index < -0.39 is 0 Å². The van der Waals surface area contributed by atoms with Crippen molar-refractivity contribution in [1.29, 1.82) is 0 Å². The second kappa shape index (κ2) is 4.73. The predicted octanol–water partition coefficient (Wildman–Crippen LogP) is 3.94. The van der Waals surface area contributed by atoms with Gasteiger partial charge in [-0.3, -0.25) is 0 Å². The Kier molecular flexibility index (Phi) is 3.79. The molecule has 0 saturated carbocycles. The maximum atomic E-state index is 4.20. The number of hydrogen-bond acceptors (Lipinski definition) is 1. The van der Waals surface area contributed by atoms with Crippen molar-refractivity contribution >= 4 is 5.70 Å². The molecule has 88 valence electrons. The highest BCUT2D eigenvalue weighted by Gasteiger charge is 2.15. The van der Waals surface area contributed by atoms with E-state index in [9.17, 15) is 0 Å². The van der Waals surface area contributed by atoms with Crippen molar-refractivity contribution in [2.45, 2.75) is 27.7 Å². The van der Waals surface area contributed by atoms with Gasteiger partial charge in [0.05, 0.1) is 0 Å². The highest BCUT2D eigenvalue weighted by molar-refractivity contribution is 5.64. The quantitative estimate of drug-likeness (QED) is 0.741. The summed E-state index contributed by atoms with van der Waals surface area (Å²) in [5, 5.41) is 0. The molecule has 0 aromatic heterocycles. The smallest absolute Gasteiger partial charge is 0.0367 e. The zero-order chi connectivity index (χ0) is 12.3. The normalized spacial score (nSPS) is 11.3. The van der Waals surface area contributed by atoms with Crippen LogP contribution in [0, 0.1) is 12.3 Å². The van der Waals surface area contributed by atoms with Gasteiger partial charge in [-0.2, -0.15) is 0 Å². The third kappa shape index (κ3) is 3.41. The highest BCUT2D eigenvalue weighted by Crippen LogP contribution is 2.23. The monoisotopic (exact) mass is 217 g/mol. The molecule has 1 rings (SSSR count). The molecule has 16 heavy (non-hydrogen) atoms. The SMILES string of the molecule is C=C(c1ccccc1C)N(C)CC(C)(C)C. The fraction of sp³-hybridized carbons (Fsp3) is 0.467. The summed E-state index contributed by atoms with van der Waals surface area (Å²) in [5.41, 5.74) is 3.93. The second-order valence-corrected chi connectivity index (χ2v) is 5.68. The fourth-order valence-corrected chi connectivity index (χ4v) is 1.91. The van der Waals surface area contributed by atoms with Crippen molar-refractivity contribution in [3.05, 3.63) is 42.0 Å². The zero-order valence-electron chi connectivity index (χ0n) is 11.2. The van der Waals surface area contributed by atoms with Crippen LogP contribution in [0.15, 0.2) is 30.8 Å². The Morgan fingerprint density at radius 1 is 1.25 bits per heavy atom. The van der Waals surface area contributed by atoms with Crippen LogP contribution >= 0.6 is 0 Å². The van der Waals surface area contributed by atoms with Crippen molar-refractivity contribution in [1.82, 2.24) is 4.90 Å². The lowest BCUT2D eigenvalue weighted by Gasteiger charge is -2.30. The van der Waals surface area contributed by atoms with E-state index in [-0.39, 0.29) is 0 Å². The lowest BCUT2D eigenvalue weighted by atomic mass is 9.95. The zero-order valence-corrected chi connectivity index (χ0v) is 11.2. The summed E-state index contributed by atoms with van der Waals surface area (Å²) < 4.78 is 0. The molecule has 0 spiro atoms. The summed E-state index contributed by atoms with van der Waals surface area (Å²) in [6.07, 6.45) is 0. The van der Waals surface area contributed by atoms with Crippen LogP contribution in [0.1, 0.15) is 31.9 Å². The van der Waals surface area contributed by atoms with Crippen molar-refractivity contribution < 1.29 is 0 Å². The average Bonchev–Trinajstić information content (AvgIpc) is 2.15. The van der Waals surface area contributed by atoms with Gasteiger partial charge in [-0.1, -0.05) is 51.6 Å². The molecule has 0 aliphatic heterocycles. The Balaban J connectivity index is 2.83. The molecule has 1 aromatic rings. The minimum Gasteiger partial charge on any atom is -0.374 e. The third-order valence-electron chi connectivity index (χ3n) is 2.63. The molecule has 0 N–H and O–H groups in total. The lowest BCUT2D eigenvalue weighted by Crippen LogP contribution is -2.28. The Hall–Kier alpha value is -1.24. The van der Waals surface area contributed by atoms with E-state index in [1.54, 1.807) is 0 Å². The molecule has 1 aromatic carbocycles. The number of hydrogen-bond donors (Lipinski definition) is 0. The number of rotatable bonds is 3. The molecule has 1 heteroatoms. The molecule has 0 bridgehead atoms. The van der Waals surface area contributed by atoms with E-state index in [1.807, 2.05) is 0 Å². The van der Waals surface area contributed by atoms with Gasteiger partial charge in [0, 0.05) is 24.9 Å². The van der Waals surface area contributed by atoms with Crippen LogP contribution < -0.4 is 0 Å². The van der Waals surface area contributed by atoms with Crippen molar-refractivity contribution in [2.24, 2.45) is 5.41 Å². The van der Waals surface area contributed by atoms with Gasteiger partial charge in [0.25, 0.3) is 0 Å². The summed E-state index contributed by atoms with van der Waals surface area (Å²) in [7, 11) is 2.11. The molecule has 0 heterocycles. The topological polar surface area (TPSA) is 3.24 Å². The molecule has 1 nitrogen and oxygen atoms in total. The number of benzene rings is 1. The minimum absolute atomic E-state index is 0.292. The molecule has 0 aliphatic carbocycles. The first-order chi connectivity index (χ1) is 7.31. The van der Waals surface area contributed by atoms with Gasteiger partial charge in [-0.25, -0.2) is 0 Å². The van der Waals surface area contributed by atoms with E-state index in [1.165, 1.54) is 11.1 Å². The van der Waals surface area contributed by atoms with Gasteiger partial charge in [0.2, 0.25) is 0 Å². The van der Waals surface area contributed by atoms with Gasteiger partial charge >= 0.3 is 0 Å². The van der Waals surface area contributed by atoms with Crippen LogP contribution in [-0.4, -0.2) is 18.5 Å². The van der Waals surface area contributed by atoms with E-state index >= 15 is 0 Å². The number of aryl methyl sites for hydroxylation is 1. The Bertz CT molecular complexity index is 371. The Labute approximate surface area is 99.8 Å². The third-order valence-corrected chi connectivity index (χ3v) is 2.63. The lowest BCUT2D eigenvalue weighted by molar-refractivity contribution is 0.296. The molecular formula is C15H23N. The first kappa shape index (κ1) is 12.8. The fourth-order valence-electron chi connectivity index (χ4n) is 1.91. The molecule has 0 radical (unpaired) electrons. The Morgan fingerprint density at radius 3 is 2.31 bits per heavy atom. The van der Waals surface area contributed by atoms with Crippen LogP contribution in [0.5, 0.6) is 0 Å². The molecule has 0 amide bonds. The predicted molar refractivity (Wildman–Crippen MR) is 72.3 cm³/mol. The molecule has 0 saturated heterocycles. The van der Waals surface area contributed by atoms with E-state index in [2.05, 4.69) is 70.5 Å². The van der Waals surface area contributed by atoms with Gasteiger partial charge in [0.15, 0.2) is 0 Å². The van der Waals surface area contributed by atoms with Crippen LogP contribution in [0.25, 0.3) is 5.70 Å². The van der Waals surface area contributed by atoms with Crippen molar-refractivity contribution in [3.8, 4) is 0 Å². The van der Waals surface area contributed by atoms with Crippen LogP contribution in [-0.2, 0) is 0 Å². The standard InChI is InChI=1S/C15H23N/c1-12-9-7-8-10-14(12)13(2)16(6)11-15(3,4)5/h7-10H,2,11H2,1,3-6H3. The molecule has 0 unspecified atom stereocenters. The maximum absolute atomic E-state index is 4.20. The highest BCUT2D eigenvalue weighted by atomic mass is 15.1. The van der Waals surface area contributed by atoms with Gasteiger partial charge in [0.1, 0.15) is 0 Å². The summed E-state index contributed by atoms with van der Waals surface area (Å²) in [5.74, 6) is 0. The second-order valence-electron chi connectivity index (χ2n) is 5.68. The van der Waals surface area contributed by atoms with Gasteiger partial charge in [-0.15, -0.1) is 0 Å². The summed E-state index contributed by atoms with van der Waals surface area (Å²) >= 11 is 0. The Morgan fingerprint density at radius 2 is 1.81 bits per heavy atom. The molecule has 0 aliphatic rings. The van der Waals surface area contributed by atoms with Crippen LogP contribution in [0.3, 0.4) is 0 Å². The van der Waals surface area contributed by atoms with Crippen LogP contribution in [0.4, 0.5) is 0 Å². The first-order valence-corrected chi connectivity index (χ1v) is 5.77. The van der Waals surface area contributed by atoms with E-state index in [0.29, 0.717) is 5.41 Å². The minimum atomic E-state index is 0.292. The van der Waals surface area contributed by atoms with Gasteiger partial charge in [-0.05, 0) is 17.9 Å². The van der Waals surface area contributed by atoms with E-state index in [0.717, 1.165) is 12.2 Å². The summed E-state index contributed by atoms with van der Waals surface area (Å²) in [6, 6.07) is 8.40. The van der Waals surface area contributed by atoms with Crippen molar-refractivity contribution in [2.75, 3.05) is 13.6 Å². The van der Waals surface area contributed by atoms with Crippen LogP contribution in [0.2, 0.25) is 0 Å². The molecule has 0 atom stereocenters.